The fourth-order valence-corrected chi connectivity index (χ4v) is 2.23. The van der Waals surface area contributed by atoms with Gasteiger partial charge >= 0.3 is 0 Å². The molecule has 17 heavy (non-hydrogen) atoms. The lowest BCUT2D eigenvalue weighted by molar-refractivity contribution is 0.420. The summed E-state index contributed by atoms with van der Waals surface area (Å²) in [6.45, 7) is 6.86. The number of nitrogens with zero attached hydrogens (tertiary/aromatic N) is 2. The maximum absolute atomic E-state index is 5.54. The van der Waals surface area contributed by atoms with Crippen LogP contribution in [-0.4, -0.2) is 23.9 Å². The van der Waals surface area contributed by atoms with Gasteiger partial charge in [-0.25, -0.2) is 5.84 Å². The Kier molecular flexibility index (Phi) is 6.65. The predicted molar refractivity (Wildman–Crippen MR) is 74.9 cm³/mol. The van der Waals surface area contributed by atoms with E-state index in [1.807, 2.05) is 0 Å². The first kappa shape index (κ1) is 14.0. The molecular weight excluding hydrogens is 232 g/mol. The first-order valence-electron chi connectivity index (χ1n) is 6.10. The van der Waals surface area contributed by atoms with Gasteiger partial charge in [0.05, 0.1) is 6.54 Å². The number of nitrogens with two attached hydrogens (primary N) is 1. The van der Waals surface area contributed by atoms with Gasteiger partial charge in [0.15, 0.2) is 0 Å². The van der Waals surface area contributed by atoms with Crippen LogP contribution < -0.4 is 11.3 Å². The molecule has 5 heteroatoms. The summed E-state index contributed by atoms with van der Waals surface area (Å²) in [4.78, 5) is 7.97. The van der Waals surface area contributed by atoms with Gasteiger partial charge in [0.1, 0.15) is 0 Å². The molecule has 0 amide bonds. The second kappa shape index (κ2) is 8.08. The number of hydrogen-bond donors (Lipinski definition) is 2. The van der Waals surface area contributed by atoms with Gasteiger partial charge in [0, 0.05) is 18.0 Å². The van der Waals surface area contributed by atoms with E-state index < -0.39 is 0 Å². The molecule has 1 heterocycles. The van der Waals surface area contributed by atoms with Crippen LogP contribution in [0.1, 0.15) is 31.6 Å². The molecule has 0 fully saturated rings. The van der Waals surface area contributed by atoms with Gasteiger partial charge in [-0.05, 0) is 24.8 Å². The minimum atomic E-state index is 0.786. The highest BCUT2D eigenvalue weighted by atomic mass is 32.1. The Morgan fingerprint density at radius 2 is 2.35 bits per heavy atom. The summed E-state index contributed by atoms with van der Waals surface area (Å²) in [5.74, 6) is 6.33. The molecule has 0 bridgehead atoms. The maximum atomic E-state index is 5.54. The van der Waals surface area contributed by atoms with E-state index in [1.165, 1.54) is 4.88 Å². The largest absolute Gasteiger partial charge is 0.337 e. The number of rotatable bonds is 6. The summed E-state index contributed by atoms with van der Waals surface area (Å²) in [6.07, 6.45) is 2.25. The average Bonchev–Trinajstić information content (AvgIpc) is 2.85. The van der Waals surface area contributed by atoms with Crippen molar-refractivity contribution in [1.82, 2.24) is 10.3 Å². The SMILES string of the molecule is CCCCN=C(NN)N(CC)Cc1cccs1. The number of guanidine groups is 1. The molecule has 0 saturated carbocycles. The Labute approximate surface area is 108 Å². The predicted octanol–water partition coefficient (Wildman–Crippen LogP) is 2.19. The van der Waals surface area contributed by atoms with Gasteiger partial charge in [0.2, 0.25) is 5.96 Å². The van der Waals surface area contributed by atoms with Crippen LogP contribution in [0.25, 0.3) is 0 Å². The fraction of sp³-hybridized carbons (Fsp3) is 0.583. The molecule has 4 nitrogen and oxygen atoms in total. The minimum absolute atomic E-state index is 0.786. The van der Waals surface area contributed by atoms with Crippen LogP contribution >= 0.6 is 11.3 Å². The summed E-state index contributed by atoms with van der Waals surface area (Å²) < 4.78 is 0. The van der Waals surface area contributed by atoms with E-state index in [1.54, 1.807) is 11.3 Å². The maximum Gasteiger partial charge on any atom is 0.208 e. The average molecular weight is 254 g/mol. The Bertz CT molecular complexity index is 321. The molecule has 0 atom stereocenters. The molecule has 0 radical (unpaired) electrons. The number of nitrogens with one attached hydrogen (secondary N) is 1. The van der Waals surface area contributed by atoms with Crippen molar-refractivity contribution in [3.63, 3.8) is 0 Å². The van der Waals surface area contributed by atoms with Crippen molar-refractivity contribution in [3.05, 3.63) is 22.4 Å². The highest BCUT2D eigenvalue weighted by Crippen LogP contribution is 2.11. The summed E-state index contributed by atoms with van der Waals surface area (Å²) in [7, 11) is 0. The van der Waals surface area contributed by atoms with Crippen LogP contribution in [-0.2, 0) is 6.54 Å². The van der Waals surface area contributed by atoms with Gasteiger partial charge in [-0.3, -0.25) is 10.4 Å². The Hall–Kier alpha value is -1.07. The molecule has 1 aromatic rings. The molecule has 0 aliphatic rings. The highest BCUT2D eigenvalue weighted by molar-refractivity contribution is 7.09. The van der Waals surface area contributed by atoms with E-state index in [9.17, 15) is 0 Å². The lowest BCUT2D eigenvalue weighted by Crippen LogP contribution is -2.44. The van der Waals surface area contributed by atoms with Crippen molar-refractivity contribution < 1.29 is 0 Å². The normalized spacial score (nSPS) is 11.6. The number of hydrazine groups is 1. The van der Waals surface area contributed by atoms with Gasteiger partial charge in [-0.2, -0.15) is 0 Å². The third kappa shape index (κ3) is 4.75. The van der Waals surface area contributed by atoms with Crippen molar-refractivity contribution in [3.8, 4) is 0 Å². The molecule has 1 aromatic heterocycles. The summed E-state index contributed by atoms with van der Waals surface area (Å²) in [5.41, 5.74) is 2.70. The third-order valence-electron chi connectivity index (χ3n) is 2.51. The fourth-order valence-electron chi connectivity index (χ4n) is 1.51. The third-order valence-corrected chi connectivity index (χ3v) is 3.37. The van der Waals surface area contributed by atoms with E-state index in [4.69, 9.17) is 5.84 Å². The quantitative estimate of drug-likeness (QED) is 0.269. The van der Waals surface area contributed by atoms with Crippen LogP contribution in [0, 0.1) is 0 Å². The zero-order chi connectivity index (χ0) is 12.5. The lowest BCUT2D eigenvalue weighted by Gasteiger charge is -2.23. The van der Waals surface area contributed by atoms with Crippen LogP contribution in [0.3, 0.4) is 0 Å². The number of thiophene rings is 1. The smallest absolute Gasteiger partial charge is 0.208 e. The zero-order valence-electron chi connectivity index (χ0n) is 10.6. The summed E-state index contributed by atoms with van der Waals surface area (Å²) in [5, 5.41) is 2.09. The molecule has 0 unspecified atom stereocenters. The second-order valence-electron chi connectivity index (χ2n) is 3.80. The van der Waals surface area contributed by atoms with Crippen LogP contribution in [0.15, 0.2) is 22.5 Å². The van der Waals surface area contributed by atoms with Gasteiger partial charge in [0.25, 0.3) is 0 Å². The molecule has 0 spiro atoms. The standard InChI is InChI=1S/C12H22N4S/c1-3-5-8-14-12(15-13)16(4-2)10-11-7-6-9-17-11/h6-7,9H,3-5,8,10,13H2,1-2H3,(H,14,15). The van der Waals surface area contributed by atoms with Crippen LogP contribution in [0.5, 0.6) is 0 Å². The van der Waals surface area contributed by atoms with E-state index in [0.717, 1.165) is 38.4 Å². The van der Waals surface area contributed by atoms with E-state index in [-0.39, 0.29) is 0 Å². The monoisotopic (exact) mass is 254 g/mol. The summed E-state index contributed by atoms with van der Waals surface area (Å²) in [6, 6.07) is 4.20. The van der Waals surface area contributed by atoms with Gasteiger partial charge in [-0.15, -0.1) is 11.3 Å². The van der Waals surface area contributed by atoms with Crippen molar-refractivity contribution in [1.29, 1.82) is 0 Å². The second-order valence-corrected chi connectivity index (χ2v) is 4.83. The molecular formula is C12H22N4S. The lowest BCUT2D eigenvalue weighted by atomic mass is 10.3. The van der Waals surface area contributed by atoms with E-state index in [0.29, 0.717) is 0 Å². The zero-order valence-corrected chi connectivity index (χ0v) is 11.5. The number of unbranched alkanes of at least 4 members (excludes halogenated alkanes) is 1. The molecule has 96 valence electrons. The molecule has 0 aliphatic heterocycles. The summed E-state index contributed by atoms with van der Waals surface area (Å²) >= 11 is 1.76. The Morgan fingerprint density at radius 1 is 1.53 bits per heavy atom. The molecule has 1 rings (SSSR count). The van der Waals surface area contributed by atoms with Gasteiger partial charge in [-0.1, -0.05) is 19.4 Å². The molecule has 0 aliphatic carbocycles. The van der Waals surface area contributed by atoms with E-state index >= 15 is 0 Å². The minimum Gasteiger partial charge on any atom is -0.337 e. The first-order valence-corrected chi connectivity index (χ1v) is 6.98. The number of aliphatic imine (C=N–C) groups is 1. The first-order chi connectivity index (χ1) is 8.31. The number of hydrogen-bond acceptors (Lipinski definition) is 3. The highest BCUT2D eigenvalue weighted by Gasteiger charge is 2.08. The van der Waals surface area contributed by atoms with E-state index in [2.05, 4.69) is 46.7 Å². The van der Waals surface area contributed by atoms with Crippen molar-refractivity contribution >= 4 is 17.3 Å². The Balaban J connectivity index is 2.59. The van der Waals surface area contributed by atoms with Crippen LogP contribution in [0.4, 0.5) is 0 Å². The molecule has 0 saturated heterocycles. The van der Waals surface area contributed by atoms with Crippen molar-refractivity contribution in [2.75, 3.05) is 13.1 Å². The molecule has 3 N–H and O–H groups in total. The molecule has 0 aromatic carbocycles. The Morgan fingerprint density at radius 3 is 2.88 bits per heavy atom. The van der Waals surface area contributed by atoms with Gasteiger partial charge < -0.3 is 4.90 Å². The van der Waals surface area contributed by atoms with Crippen molar-refractivity contribution in [2.24, 2.45) is 10.8 Å². The topological polar surface area (TPSA) is 53.6 Å². The van der Waals surface area contributed by atoms with Crippen molar-refractivity contribution in [2.45, 2.75) is 33.2 Å². The van der Waals surface area contributed by atoms with Crippen LogP contribution in [0.2, 0.25) is 0 Å².